The molecule has 0 saturated carbocycles. The number of rotatable bonds is 5. The zero-order chi connectivity index (χ0) is 20.2. The van der Waals surface area contributed by atoms with Gasteiger partial charge in [0.2, 0.25) is 5.91 Å². The van der Waals surface area contributed by atoms with Crippen molar-refractivity contribution in [2.75, 3.05) is 11.1 Å². The minimum absolute atomic E-state index is 0.117. The lowest BCUT2D eigenvalue weighted by atomic mass is 9.96. The highest BCUT2D eigenvalue weighted by atomic mass is 32.2. The molecule has 0 bridgehead atoms. The first-order valence-electron chi connectivity index (χ1n) is 9.58. The number of aryl methyl sites for hydroxylation is 1. The van der Waals surface area contributed by atoms with Gasteiger partial charge >= 0.3 is 0 Å². The van der Waals surface area contributed by atoms with E-state index in [0.29, 0.717) is 16.3 Å². The second kappa shape index (κ2) is 8.73. The topological polar surface area (TPSA) is 78.9 Å². The number of carbonyl (C=O) groups excluding carboxylic acids is 1. The van der Waals surface area contributed by atoms with Crippen molar-refractivity contribution >= 4 is 39.7 Å². The standard InChI is InChI=1S/C23H21N3OS2/c24-14-19-18-8-4-5-9-20(18)29-23(19)26-22(27)21(15-6-2-1-3-7-15)28-17-12-10-16(25)11-13-17/h1-3,6-7,10-13,21H,4-5,8-9,25H2,(H,26,27). The number of nitriles is 1. The van der Waals surface area contributed by atoms with Crippen LogP contribution in [0.2, 0.25) is 0 Å². The summed E-state index contributed by atoms with van der Waals surface area (Å²) in [6, 6.07) is 19.6. The number of fused-ring (bicyclic) bond motifs is 1. The van der Waals surface area contributed by atoms with Crippen molar-refractivity contribution in [2.45, 2.75) is 35.8 Å². The zero-order valence-corrected chi connectivity index (χ0v) is 17.5. The number of anilines is 2. The van der Waals surface area contributed by atoms with Crippen LogP contribution in [0.4, 0.5) is 10.7 Å². The fraction of sp³-hybridized carbons (Fsp3) is 0.217. The van der Waals surface area contributed by atoms with Gasteiger partial charge in [0.05, 0.1) is 5.56 Å². The van der Waals surface area contributed by atoms with Gasteiger partial charge in [0.15, 0.2) is 0 Å². The molecule has 6 heteroatoms. The summed E-state index contributed by atoms with van der Waals surface area (Å²) in [6.07, 6.45) is 4.16. The Balaban J connectivity index is 1.63. The lowest BCUT2D eigenvalue weighted by molar-refractivity contribution is -0.115. The van der Waals surface area contributed by atoms with E-state index in [2.05, 4.69) is 11.4 Å². The molecule has 1 unspecified atom stereocenters. The molecule has 2 aromatic carbocycles. The monoisotopic (exact) mass is 419 g/mol. The Morgan fingerprint density at radius 3 is 2.55 bits per heavy atom. The van der Waals surface area contributed by atoms with Crippen LogP contribution in [0.3, 0.4) is 0 Å². The van der Waals surface area contributed by atoms with E-state index < -0.39 is 5.25 Å². The Kier molecular flexibility index (Phi) is 5.89. The highest BCUT2D eigenvalue weighted by Gasteiger charge is 2.26. The first kappa shape index (κ1) is 19.6. The summed E-state index contributed by atoms with van der Waals surface area (Å²) in [7, 11) is 0. The van der Waals surface area contributed by atoms with E-state index in [4.69, 9.17) is 5.73 Å². The second-order valence-electron chi connectivity index (χ2n) is 6.99. The number of nitrogens with zero attached hydrogens (tertiary/aromatic N) is 1. The normalized spacial score (nSPS) is 13.9. The van der Waals surface area contributed by atoms with Crippen molar-refractivity contribution in [3.63, 3.8) is 0 Å². The number of thiophene rings is 1. The number of nitrogens with two attached hydrogens (primary N) is 1. The third kappa shape index (κ3) is 4.31. The lowest BCUT2D eigenvalue weighted by Crippen LogP contribution is -2.19. The summed E-state index contributed by atoms with van der Waals surface area (Å²) in [5.74, 6) is -0.117. The van der Waals surface area contributed by atoms with E-state index in [9.17, 15) is 10.1 Å². The van der Waals surface area contributed by atoms with Gasteiger partial charge in [0.1, 0.15) is 16.3 Å². The Hall–Kier alpha value is -2.75. The molecule has 1 aromatic heterocycles. The second-order valence-corrected chi connectivity index (χ2v) is 9.28. The fourth-order valence-electron chi connectivity index (χ4n) is 3.53. The van der Waals surface area contributed by atoms with E-state index in [1.807, 2.05) is 54.6 Å². The van der Waals surface area contributed by atoms with Crippen molar-refractivity contribution in [1.29, 1.82) is 5.26 Å². The molecule has 1 aliphatic carbocycles. The number of nitrogen functional groups attached to an aromatic ring is 1. The van der Waals surface area contributed by atoms with Gasteiger partial charge in [-0.05, 0) is 61.1 Å². The van der Waals surface area contributed by atoms with Gasteiger partial charge in [-0.3, -0.25) is 4.79 Å². The van der Waals surface area contributed by atoms with Gasteiger partial charge in [-0.25, -0.2) is 0 Å². The summed E-state index contributed by atoms with van der Waals surface area (Å²) in [6.45, 7) is 0. The molecule has 29 heavy (non-hydrogen) atoms. The molecule has 4 rings (SSSR count). The molecular formula is C23H21N3OS2. The molecule has 1 heterocycles. The molecule has 3 aromatic rings. The van der Waals surface area contributed by atoms with E-state index in [-0.39, 0.29) is 5.91 Å². The summed E-state index contributed by atoms with van der Waals surface area (Å²) in [4.78, 5) is 15.5. The molecule has 1 amide bonds. The molecule has 0 radical (unpaired) electrons. The predicted octanol–water partition coefficient (Wildman–Crippen LogP) is 5.55. The first-order chi connectivity index (χ1) is 14.2. The van der Waals surface area contributed by atoms with Crippen LogP contribution < -0.4 is 11.1 Å². The number of hydrogen-bond donors (Lipinski definition) is 2. The molecule has 0 spiro atoms. The Labute approximate surface area is 178 Å². The number of benzene rings is 2. The average molecular weight is 420 g/mol. The van der Waals surface area contributed by atoms with Crippen molar-refractivity contribution in [2.24, 2.45) is 0 Å². The van der Waals surface area contributed by atoms with Gasteiger partial charge in [-0.1, -0.05) is 30.3 Å². The summed E-state index contributed by atoms with van der Waals surface area (Å²) >= 11 is 3.04. The number of thioether (sulfide) groups is 1. The third-order valence-corrected chi connectivity index (χ3v) is 7.47. The van der Waals surface area contributed by atoms with Crippen molar-refractivity contribution < 1.29 is 4.79 Å². The smallest absolute Gasteiger partial charge is 0.243 e. The largest absolute Gasteiger partial charge is 0.399 e. The van der Waals surface area contributed by atoms with E-state index >= 15 is 0 Å². The number of carbonyl (C=O) groups is 1. The third-order valence-electron chi connectivity index (χ3n) is 4.99. The molecule has 0 fully saturated rings. The molecule has 1 aliphatic rings. The zero-order valence-electron chi connectivity index (χ0n) is 15.9. The summed E-state index contributed by atoms with van der Waals surface area (Å²) in [5, 5.41) is 13.0. The van der Waals surface area contributed by atoms with Crippen molar-refractivity contribution in [3.8, 4) is 6.07 Å². The maximum atomic E-state index is 13.3. The van der Waals surface area contributed by atoms with E-state index in [1.165, 1.54) is 16.6 Å². The highest BCUT2D eigenvalue weighted by Crippen LogP contribution is 2.40. The maximum Gasteiger partial charge on any atom is 0.243 e. The molecule has 0 aliphatic heterocycles. The molecule has 146 valence electrons. The molecule has 3 N–H and O–H groups in total. The Bertz CT molecular complexity index is 1050. The number of amides is 1. The number of nitrogens with one attached hydrogen (secondary N) is 1. The SMILES string of the molecule is N#Cc1c(NC(=O)C(Sc2ccc(N)cc2)c2ccccc2)sc2c1CCCC2. The van der Waals surface area contributed by atoms with Crippen LogP contribution >= 0.6 is 23.1 Å². The van der Waals surface area contributed by atoms with Crippen LogP contribution in [0.5, 0.6) is 0 Å². The minimum atomic E-state index is -0.425. The van der Waals surface area contributed by atoms with Crippen LogP contribution in [-0.4, -0.2) is 5.91 Å². The van der Waals surface area contributed by atoms with Gasteiger partial charge in [0, 0.05) is 15.5 Å². The Morgan fingerprint density at radius 2 is 1.83 bits per heavy atom. The van der Waals surface area contributed by atoms with Gasteiger partial charge in [0.25, 0.3) is 0 Å². The van der Waals surface area contributed by atoms with Gasteiger partial charge < -0.3 is 11.1 Å². The minimum Gasteiger partial charge on any atom is -0.399 e. The summed E-state index contributed by atoms with van der Waals surface area (Å²) < 4.78 is 0. The van der Waals surface area contributed by atoms with Gasteiger partial charge in [-0.2, -0.15) is 5.26 Å². The van der Waals surface area contributed by atoms with Crippen LogP contribution in [0.1, 0.15) is 39.7 Å². The van der Waals surface area contributed by atoms with Crippen molar-refractivity contribution in [3.05, 3.63) is 76.2 Å². The fourth-order valence-corrected chi connectivity index (χ4v) is 5.80. The Morgan fingerprint density at radius 1 is 1.10 bits per heavy atom. The molecular weight excluding hydrogens is 398 g/mol. The summed E-state index contributed by atoms with van der Waals surface area (Å²) in [5.41, 5.74) is 9.18. The molecule has 0 saturated heterocycles. The van der Waals surface area contributed by atoms with E-state index in [1.54, 1.807) is 11.3 Å². The number of hydrogen-bond acceptors (Lipinski definition) is 5. The van der Waals surface area contributed by atoms with Crippen LogP contribution in [0, 0.1) is 11.3 Å². The molecule has 4 nitrogen and oxygen atoms in total. The predicted molar refractivity (Wildman–Crippen MR) is 120 cm³/mol. The first-order valence-corrected chi connectivity index (χ1v) is 11.3. The van der Waals surface area contributed by atoms with E-state index in [0.717, 1.165) is 41.7 Å². The highest BCUT2D eigenvalue weighted by molar-refractivity contribution is 8.00. The average Bonchev–Trinajstić information content (AvgIpc) is 3.10. The van der Waals surface area contributed by atoms with Crippen LogP contribution in [-0.2, 0) is 17.6 Å². The molecule has 1 atom stereocenters. The van der Waals surface area contributed by atoms with Crippen LogP contribution in [0.25, 0.3) is 0 Å². The lowest BCUT2D eigenvalue weighted by Gasteiger charge is -2.17. The van der Waals surface area contributed by atoms with Crippen molar-refractivity contribution in [1.82, 2.24) is 0 Å². The maximum absolute atomic E-state index is 13.3. The quantitative estimate of drug-likeness (QED) is 0.420. The van der Waals surface area contributed by atoms with Crippen LogP contribution in [0.15, 0.2) is 59.5 Å². The van der Waals surface area contributed by atoms with Gasteiger partial charge in [-0.15, -0.1) is 23.1 Å².